The summed E-state index contributed by atoms with van der Waals surface area (Å²) in [6.45, 7) is 2.46. The van der Waals surface area contributed by atoms with Gasteiger partial charge in [-0.1, -0.05) is 6.07 Å². The monoisotopic (exact) mass is 235 g/mol. The van der Waals surface area contributed by atoms with Crippen molar-refractivity contribution in [3.8, 4) is 0 Å². The van der Waals surface area contributed by atoms with E-state index in [1.807, 2.05) is 31.5 Å². The number of aryl methyl sites for hydroxylation is 1. The first-order chi connectivity index (χ1) is 7.68. The van der Waals surface area contributed by atoms with E-state index in [1.165, 1.54) is 0 Å². The van der Waals surface area contributed by atoms with E-state index in [0.717, 1.165) is 10.6 Å². The number of amides is 1. The predicted molar refractivity (Wildman–Crippen MR) is 63.4 cm³/mol. The summed E-state index contributed by atoms with van der Waals surface area (Å²) in [4.78, 5) is 13.0. The Morgan fingerprint density at radius 3 is 3.00 bits per heavy atom. The molecule has 0 atom stereocenters. The topological polar surface area (TPSA) is 46.9 Å². The Kier molecular flexibility index (Phi) is 3.05. The molecule has 1 amide bonds. The molecule has 0 aliphatic carbocycles. The van der Waals surface area contributed by atoms with E-state index in [-0.39, 0.29) is 5.91 Å². The number of carbonyl (C=O) groups excluding carboxylic acids is 1. The summed E-state index contributed by atoms with van der Waals surface area (Å²) < 4.78 is 1.69. The van der Waals surface area contributed by atoms with Crippen LogP contribution in [0.25, 0.3) is 0 Å². The Hall–Kier alpha value is -1.62. The van der Waals surface area contributed by atoms with E-state index in [1.54, 1.807) is 22.2 Å². The number of aromatic nitrogens is 2. The minimum atomic E-state index is -0.0704. The number of thiophene rings is 1. The van der Waals surface area contributed by atoms with Crippen LogP contribution in [-0.4, -0.2) is 15.7 Å². The molecule has 2 aromatic heterocycles. The standard InChI is InChI=1S/C11H13N3OS/c1-8-10(7-13-14(8)2)11(15)12-6-9-4-3-5-16-9/h3-5,7H,6H2,1-2H3,(H,12,15). The number of carbonyl (C=O) groups is 1. The second kappa shape index (κ2) is 4.49. The Morgan fingerprint density at radius 1 is 1.62 bits per heavy atom. The van der Waals surface area contributed by atoms with Crippen molar-refractivity contribution < 1.29 is 4.79 Å². The molecule has 0 saturated carbocycles. The first-order valence-corrected chi connectivity index (χ1v) is 5.85. The lowest BCUT2D eigenvalue weighted by Crippen LogP contribution is -2.22. The summed E-state index contributed by atoms with van der Waals surface area (Å²) in [6.07, 6.45) is 1.60. The molecule has 16 heavy (non-hydrogen) atoms. The Morgan fingerprint density at radius 2 is 2.44 bits per heavy atom. The summed E-state index contributed by atoms with van der Waals surface area (Å²) in [5.41, 5.74) is 1.52. The molecule has 0 saturated heterocycles. The van der Waals surface area contributed by atoms with Gasteiger partial charge in [0.25, 0.3) is 5.91 Å². The molecular weight excluding hydrogens is 222 g/mol. The van der Waals surface area contributed by atoms with Gasteiger partial charge in [-0.15, -0.1) is 11.3 Å². The van der Waals surface area contributed by atoms with Crippen LogP contribution in [0.3, 0.4) is 0 Å². The van der Waals surface area contributed by atoms with Crippen LogP contribution in [-0.2, 0) is 13.6 Å². The van der Waals surface area contributed by atoms with E-state index in [9.17, 15) is 4.79 Å². The van der Waals surface area contributed by atoms with Gasteiger partial charge in [0.2, 0.25) is 0 Å². The number of hydrogen-bond acceptors (Lipinski definition) is 3. The van der Waals surface area contributed by atoms with Crippen LogP contribution in [0.1, 0.15) is 20.9 Å². The smallest absolute Gasteiger partial charge is 0.255 e. The fourth-order valence-electron chi connectivity index (χ4n) is 1.40. The minimum Gasteiger partial charge on any atom is -0.347 e. The lowest BCUT2D eigenvalue weighted by Gasteiger charge is -2.02. The van der Waals surface area contributed by atoms with Crippen LogP contribution < -0.4 is 5.32 Å². The maximum atomic E-state index is 11.8. The summed E-state index contributed by atoms with van der Waals surface area (Å²) in [7, 11) is 1.82. The van der Waals surface area contributed by atoms with Crippen LogP contribution in [0.4, 0.5) is 0 Å². The van der Waals surface area contributed by atoms with Crippen molar-refractivity contribution in [2.45, 2.75) is 13.5 Å². The molecule has 0 bridgehead atoms. The van der Waals surface area contributed by atoms with E-state index >= 15 is 0 Å². The normalized spacial score (nSPS) is 10.4. The SMILES string of the molecule is Cc1c(C(=O)NCc2cccs2)cnn1C. The van der Waals surface area contributed by atoms with Crippen LogP contribution in [0.15, 0.2) is 23.7 Å². The fourth-order valence-corrected chi connectivity index (χ4v) is 2.04. The fraction of sp³-hybridized carbons (Fsp3) is 0.273. The molecular formula is C11H13N3OS. The molecule has 0 aliphatic rings. The van der Waals surface area contributed by atoms with Crippen molar-refractivity contribution in [1.29, 1.82) is 0 Å². The number of rotatable bonds is 3. The molecule has 84 valence electrons. The Balaban J connectivity index is 2.01. The van der Waals surface area contributed by atoms with Crippen molar-refractivity contribution in [2.24, 2.45) is 7.05 Å². The molecule has 5 heteroatoms. The van der Waals surface area contributed by atoms with E-state index in [2.05, 4.69) is 10.4 Å². The van der Waals surface area contributed by atoms with Gasteiger partial charge in [-0.25, -0.2) is 0 Å². The Bertz CT molecular complexity index is 487. The third-order valence-electron chi connectivity index (χ3n) is 2.48. The molecule has 0 aromatic carbocycles. The zero-order valence-electron chi connectivity index (χ0n) is 9.23. The van der Waals surface area contributed by atoms with Gasteiger partial charge in [-0.3, -0.25) is 9.48 Å². The van der Waals surface area contributed by atoms with E-state index in [4.69, 9.17) is 0 Å². The predicted octanol–water partition coefficient (Wildman–Crippen LogP) is 1.72. The zero-order valence-corrected chi connectivity index (χ0v) is 10.0. The summed E-state index contributed by atoms with van der Waals surface area (Å²) >= 11 is 1.63. The first-order valence-electron chi connectivity index (χ1n) is 4.97. The Labute approximate surface area is 97.9 Å². The number of hydrogen-bond donors (Lipinski definition) is 1. The van der Waals surface area contributed by atoms with Gasteiger partial charge in [0.15, 0.2) is 0 Å². The summed E-state index contributed by atoms with van der Waals surface area (Å²) in [5.74, 6) is -0.0704. The summed E-state index contributed by atoms with van der Waals surface area (Å²) in [5, 5.41) is 8.91. The van der Waals surface area contributed by atoms with Crippen LogP contribution in [0, 0.1) is 6.92 Å². The summed E-state index contributed by atoms with van der Waals surface area (Å²) in [6, 6.07) is 3.97. The van der Waals surface area contributed by atoms with Crippen molar-refractivity contribution in [2.75, 3.05) is 0 Å². The molecule has 0 spiro atoms. The van der Waals surface area contributed by atoms with Crippen LogP contribution in [0.2, 0.25) is 0 Å². The van der Waals surface area contributed by atoms with Gasteiger partial charge < -0.3 is 5.32 Å². The van der Waals surface area contributed by atoms with Crippen molar-refractivity contribution >= 4 is 17.2 Å². The number of nitrogens with one attached hydrogen (secondary N) is 1. The van der Waals surface area contributed by atoms with Crippen molar-refractivity contribution in [1.82, 2.24) is 15.1 Å². The average molecular weight is 235 g/mol. The molecule has 0 fully saturated rings. The highest BCUT2D eigenvalue weighted by Gasteiger charge is 2.12. The molecule has 2 aromatic rings. The van der Waals surface area contributed by atoms with Gasteiger partial charge in [0.05, 0.1) is 18.3 Å². The quantitative estimate of drug-likeness (QED) is 0.880. The van der Waals surface area contributed by atoms with Crippen molar-refractivity contribution in [3.63, 3.8) is 0 Å². The largest absolute Gasteiger partial charge is 0.347 e. The third-order valence-corrected chi connectivity index (χ3v) is 3.36. The lowest BCUT2D eigenvalue weighted by atomic mass is 10.2. The number of nitrogens with zero attached hydrogens (tertiary/aromatic N) is 2. The van der Waals surface area contributed by atoms with Crippen LogP contribution in [0.5, 0.6) is 0 Å². The van der Waals surface area contributed by atoms with Gasteiger partial charge in [-0.05, 0) is 18.4 Å². The van der Waals surface area contributed by atoms with E-state index < -0.39 is 0 Å². The highest BCUT2D eigenvalue weighted by Crippen LogP contribution is 2.09. The lowest BCUT2D eigenvalue weighted by molar-refractivity contribution is 0.0950. The van der Waals surface area contributed by atoms with Gasteiger partial charge in [0, 0.05) is 17.6 Å². The molecule has 2 heterocycles. The molecule has 4 nitrogen and oxygen atoms in total. The maximum absolute atomic E-state index is 11.8. The second-order valence-electron chi connectivity index (χ2n) is 3.53. The van der Waals surface area contributed by atoms with Gasteiger partial charge in [-0.2, -0.15) is 5.10 Å². The average Bonchev–Trinajstić information content (AvgIpc) is 2.88. The van der Waals surface area contributed by atoms with Gasteiger partial charge >= 0.3 is 0 Å². The van der Waals surface area contributed by atoms with Crippen molar-refractivity contribution in [3.05, 3.63) is 39.8 Å². The van der Waals surface area contributed by atoms with Gasteiger partial charge in [0.1, 0.15) is 0 Å². The molecule has 0 unspecified atom stereocenters. The highest BCUT2D eigenvalue weighted by molar-refractivity contribution is 7.09. The van der Waals surface area contributed by atoms with Crippen LogP contribution >= 0.6 is 11.3 Å². The molecule has 0 aliphatic heterocycles. The van der Waals surface area contributed by atoms with E-state index in [0.29, 0.717) is 12.1 Å². The highest BCUT2D eigenvalue weighted by atomic mass is 32.1. The maximum Gasteiger partial charge on any atom is 0.255 e. The zero-order chi connectivity index (χ0) is 11.5. The molecule has 1 N–H and O–H groups in total. The minimum absolute atomic E-state index is 0.0704. The third kappa shape index (κ3) is 2.14. The second-order valence-corrected chi connectivity index (χ2v) is 4.56. The first kappa shape index (κ1) is 10.9. The molecule has 2 rings (SSSR count). The molecule has 0 radical (unpaired) electrons.